The zero-order valence-electron chi connectivity index (χ0n) is 11.5. The van der Waals surface area contributed by atoms with E-state index in [9.17, 15) is 9.32 Å². The van der Waals surface area contributed by atoms with Gasteiger partial charge in [0, 0.05) is 11.1 Å². The van der Waals surface area contributed by atoms with Crippen LogP contribution in [0, 0.1) is 0 Å². The summed E-state index contributed by atoms with van der Waals surface area (Å²) in [5, 5.41) is 0. The van der Waals surface area contributed by atoms with Gasteiger partial charge in [0.05, 0.1) is 12.7 Å². The first-order valence-corrected chi connectivity index (χ1v) is 4.67. The molecular formula is C9H19CaFO4. The van der Waals surface area contributed by atoms with E-state index in [0.29, 0.717) is 6.61 Å². The molecule has 0 saturated heterocycles. The molecule has 0 aliphatic rings. The van der Waals surface area contributed by atoms with Crippen LogP contribution < -0.4 is 0 Å². The van der Waals surface area contributed by atoms with Crippen molar-refractivity contribution in [3.8, 4) is 0 Å². The number of ether oxygens (including phenoxy) is 2. The Kier molecular flexibility index (Phi) is 13.3. The van der Waals surface area contributed by atoms with Crippen molar-refractivity contribution in [1.82, 2.24) is 0 Å². The second kappa shape index (κ2) is 11.1. The standard InChI is InChI=1S/C9H17FO4.Ca.2H/c1-4-5-12-7(2)6-13-8(3)9(11)14-10;;;/h7-8H,4-6H2,1-3H3;;;/q;+2;2*-1. The van der Waals surface area contributed by atoms with Crippen LogP contribution in [0.3, 0.4) is 0 Å². The molecule has 0 aromatic rings. The van der Waals surface area contributed by atoms with Crippen LogP contribution in [0.2, 0.25) is 0 Å². The normalized spacial score (nSPS) is 13.9. The van der Waals surface area contributed by atoms with Crippen molar-refractivity contribution in [3.05, 3.63) is 0 Å². The Hall–Kier alpha value is 0.580. The van der Waals surface area contributed by atoms with E-state index in [0.717, 1.165) is 6.42 Å². The fourth-order valence-corrected chi connectivity index (χ4v) is 0.778. The van der Waals surface area contributed by atoms with Gasteiger partial charge in [0.15, 0.2) is 6.10 Å². The molecule has 0 fully saturated rings. The maximum absolute atomic E-state index is 11.4. The van der Waals surface area contributed by atoms with Gasteiger partial charge in [-0.2, -0.15) is 0 Å². The number of carbonyl (C=O) groups is 1. The van der Waals surface area contributed by atoms with Crippen LogP contribution in [0.25, 0.3) is 0 Å². The van der Waals surface area contributed by atoms with Crippen molar-refractivity contribution in [3.63, 3.8) is 0 Å². The summed E-state index contributed by atoms with van der Waals surface area (Å²) in [6.45, 7) is 6.14. The Bertz CT molecular complexity index is 177. The van der Waals surface area contributed by atoms with Crippen LogP contribution in [0.4, 0.5) is 4.53 Å². The van der Waals surface area contributed by atoms with Gasteiger partial charge in [0.25, 0.3) is 0 Å². The van der Waals surface area contributed by atoms with Gasteiger partial charge in [0.1, 0.15) is 0 Å². The molecule has 0 aromatic carbocycles. The third-order valence-electron chi connectivity index (χ3n) is 1.60. The quantitative estimate of drug-likeness (QED) is 0.642. The summed E-state index contributed by atoms with van der Waals surface area (Å²) in [7, 11) is 0. The molecule has 0 saturated carbocycles. The zero-order valence-corrected chi connectivity index (χ0v) is 11.7. The van der Waals surface area contributed by atoms with Crippen LogP contribution >= 0.6 is 0 Å². The topological polar surface area (TPSA) is 44.8 Å². The second-order valence-electron chi connectivity index (χ2n) is 3.05. The van der Waals surface area contributed by atoms with Gasteiger partial charge >= 0.3 is 43.7 Å². The molecule has 0 heterocycles. The first-order chi connectivity index (χ1) is 6.61. The minimum absolute atomic E-state index is 0. The molecule has 0 aliphatic carbocycles. The van der Waals surface area contributed by atoms with Gasteiger partial charge in [-0.25, -0.2) is 4.79 Å². The molecule has 4 nitrogen and oxygen atoms in total. The minimum atomic E-state index is -1.02. The maximum Gasteiger partial charge on any atom is 2.00 e. The van der Waals surface area contributed by atoms with Crippen LogP contribution in [-0.4, -0.2) is 69.1 Å². The number of carbonyl (C=O) groups excluding carboxylic acids is 1. The van der Waals surface area contributed by atoms with Gasteiger partial charge < -0.3 is 12.3 Å². The summed E-state index contributed by atoms with van der Waals surface area (Å²) < 4.78 is 21.7. The molecule has 0 rings (SSSR count). The molecule has 0 aromatic heterocycles. The summed E-state index contributed by atoms with van der Waals surface area (Å²) in [6, 6.07) is 0. The van der Waals surface area contributed by atoms with E-state index in [4.69, 9.17) is 9.47 Å². The van der Waals surface area contributed by atoms with E-state index < -0.39 is 12.1 Å². The van der Waals surface area contributed by atoms with E-state index in [2.05, 4.69) is 4.94 Å². The molecule has 88 valence electrons. The summed E-state index contributed by atoms with van der Waals surface area (Å²) >= 11 is 0. The number of hydrogen-bond donors (Lipinski definition) is 0. The molecule has 2 unspecified atom stereocenters. The van der Waals surface area contributed by atoms with Crippen LogP contribution in [0.1, 0.15) is 30.0 Å². The van der Waals surface area contributed by atoms with Gasteiger partial charge in [-0.05, 0) is 20.3 Å². The second-order valence-corrected chi connectivity index (χ2v) is 3.05. The van der Waals surface area contributed by atoms with Crippen molar-refractivity contribution >= 4 is 43.7 Å². The summed E-state index contributed by atoms with van der Waals surface area (Å²) in [4.78, 5) is 13.6. The van der Waals surface area contributed by atoms with E-state index in [1.54, 1.807) is 0 Å². The van der Waals surface area contributed by atoms with Crippen molar-refractivity contribution < 1.29 is 26.6 Å². The van der Waals surface area contributed by atoms with E-state index >= 15 is 0 Å². The Balaban J connectivity index is -0.000000282. The fraction of sp³-hybridized carbons (Fsp3) is 0.889. The van der Waals surface area contributed by atoms with E-state index in [1.807, 2.05) is 13.8 Å². The molecule has 0 amide bonds. The zero-order chi connectivity index (χ0) is 11.0. The van der Waals surface area contributed by atoms with E-state index in [1.165, 1.54) is 6.92 Å². The minimum Gasteiger partial charge on any atom is -1.00 e. The first-order valence-electron chi connectivity index (χ1n) is 4.67. The SMILES string of the molecule is CCCOC(C)COC(C)C(=O)OF.[Ca+2].[H-].[H-]. The van der Waals surface area contributed by atoms with Crippen molar-refractivity contribution in [2.24, 2.45) is 0 Å². The van der Waals surface area contributed by atoms with Crippen molar-refractivity contribution in [2.45, 2.75) is 39.4 Å². The molecule has 2 atom stereocenters. The van der Waals surface area contributed by atoms with Crippen LogP contribution in [-0.2, 0) is 19.2 Å². The van der Waals surface area contributed by atoms with Gasteiger partial charge in [-0.3, -0.25) is 4.94 Å². The Morgan fingerprint density at radius 3 is 2.47 bits per heavy atom. The summed E-state index contributed by atoms with van der Waals surface area (Å²) in [5.74, 6) is -1.02. The van der Waals surface area contributed by atoms with Gasteiger partial charge in [-0.15, -0.1) is 0 Å². The Morgan fingerprint density at radius 2 is 2.00 bits per heavy atom. The monoisotopic (exact) mass is 250 g/mol. The molecule has 0 spiro atoms. The molecular weight excluding hydrogens is 231 g/mol. The Labute approximate surface area is 122 Å². The summed E-state index contributed by atoms with van der Waals surface area (Å²) in [5.41, 5.74) is 0. The number of halogens is 1. The number of rotatable bonds is 7. The predicted molar refractivity (Wildman–Crippen MR) is 56.3 cm³/mol. The molecule has 0 radical (unpaired) electrons. The van der Waals surface area contributed by atoms with Gasteiger partial charge in [0.2, 0.25) is 0 Å². The molecule has 0 N–H and O–H groups in total. The maximum atomic E-state index is 11.4. The molecule has 15 heavy (non-hydrogen) atoms. The fourth-order valence-electron chi connectivity index (χ4n) is 0.778. The van der Waals surface area contributed by atoms with Crippen molar-refractivity contribution in [1.29, 1.82) is 0 Å². The largest absolute Gasteiger partial charge is 2.00 e. The average Bonchev–Trinajstić information content (AvgIpc) is 2.21. The summed E-state index contributed by atoms with van der Waals surface area (Å²) in [6.07, 6.45) is -0.0793. The van der Waals surface area contributed by atoms with Crippen molar-refractivity contribution in [2.75, 3.05) is 13.2 Å². The van der Waals surface area contributed by atoms with E-state index in [-0.39, 0.29) is 53.3 Å². The average molecular weight is 250 g/mol. The Morgan fingerprint density at radius 1 is 1.40 bits per heavy atom. The third kappa shape index (κ3) is 9.51. The van der Waals surface area contributed by atoms with Gasteiger partial charge in [-0.1, -0.05) is 6.92 Å². The molecule has 0 bridgehead atoms. The molecule has 6 heteroatoms. The predicted octanol–water partition coefficient (Wildman–Crippen LogP) is 1.48. The third-order valence-corrected chi connectivity index (χ3v) is 1.60. The number of hydrogen-bond acceptors (Lipinski definition) is 4. The van der Waals surface area contributed by atoms with Crippen LogP contribution in [0.15, 0.2) is 0 Å². The molecule has 0 aliphatic heterocycles. The smallest absolute Gasteiger partial charge is 1.00 e. The first kappa shape index (κ1) is 18.0. The van der Waals surface area contributed by atoms with Crippen LogP contribution in [0.5, 0.6) is 0 Å².